The summed E-state index contributed by atoms with van der Waals surface area (Å²) in [6.45, 7) is 12.1. The first-order chi connectivity index (χ1) is 22.1. The minimum Gasteiger partial charge on any atom is -0.493 e. The topological polar surface area (TPSA) is 145 Å². The number of benzene rings is 2. The number of rotatable bonds is 20. The molecule has 0 heterocycles. The molecule has 0 fully saturated rings. The molecule has 12 heteroatoms. The second-order valence-corrected chi connectivity index (χ2v) is 13.2. The number of hydrogen-bond donors (Lipinski definition) is 1. The number of likely N-dealkylation sites (N-methyl/N-ethyl adjacent to an activating group) is 1. The Bertz CT molecular complexity index is 1370. The van der Waals surface area contributed by atoms with Gasteiger partial charge in [-0.3, -0.25) is 4.79 Å². The summed E-state index contributed by atoms with van der Waals surface area (Å²) in [7, 11) is 6.62. The van der Waals surface area contributed by atoms with Crippen LogP contribution in [0.15, 0.2) is 42.5 Å². The van der Waals surface area contributed by atoms with Crippen molar-refractivity contribution in [2.45, 2.75) is 83.5 Å². The number of carbonyl (C=O) groups excluding carboxylic acids is 1. The van der Waals surface area contributed by atoms with Crippen LogP contribution in [-0.4, -0.2) is 81.2 Å². The third kappa shape index (κ3) is 10.5. The molecule has 260 valence electrons. The molecule has 0 aromatic heterocycles. The lowest BCUT2D eigenvalue weighted by atomic mass is 9.69. The van der Waals surface area contributed by atoms with Crippen molar-refractivity contribution in [3.05, 3.63) is 63.7 Å². The molecule has 1 N–H and O–H groups in total. The SMILES string of the molecule is COCC(=O)NC(C)(C)C(O[N+](=O)[O-])C(C)(C)Oc1ccccc1CCN(C)CCCC(C#N)(c1ccc(OC)c(OC)c1)C(C)C. The summed E-state index contributed by atoms with van der Waals surface area (Å²) in [5.74, 6) is 1.43. The molecule has 2 rings (SSSR count). The minimum absolute atomic E-state index is 0.0738. The number of hydrogen-bond acceptors (Lipinski definition) is 10. The van der Waals surface area contributed by atoms with Crippen LogP contribution in [0, 0.1) is 27.4 Å². The maximum absolute atomic E-state index is 12.3. The van der Waals surface area contributed by atoms with Crippen LogP contribution in [0.1, 0.15) is 65.5 Å². The van der Waals surface area contributed by atoms with Gasteiger partial charge < -0.3 is 34.0 Å². The van der Waals surface area contributed by atoms with E-state index in [1.165, 1.54) is 7.11 Å². The van der Waals surface area contributed by atoms with Gasteiger partial charge in [0.15, 0.2) is 17.6 Å². The Morgan fingerprint density at radius 2 is 1.68 bits per heavy atom. The smallest absolute Gasteiger partial charge is 0.295 e. The van der Waals surface area contributed by atoms with Gasteiger partial charge in [-0.15, -0.1) is 10.1 Å². The molecule has 0 saturated heterocycles. The molecule has 0 saturated carbocycles. The van der Waals surface area contributed by atoms with Crippen molar-refractivity contribution in [1.82, 2.24) is 10.2 Å². The first kappa shape index (κ1) is 39.1. The average molecular weight is 657 g/mol. The van der Waals surface area contributed by atoms with E-state index < -0.39 is 33.7 Å². The van der Waals surface area contributed by atoms with Crippen molar-refractivity contribution in [3.63, 3.8) is 0 Å². The number of nitrogens with zero attached hydrogens (tertiary/aromatic N) is 3. The molecule has 0 aliphatic rings. The third-order valence-electron chi connectivity index (χ3n) is 8.52. The summed E-state index contributed by atoms with van der Waals surface area (Å²) in [5.41, 5.74) is -1.25. The van der Waals surface area contributed by atoms with Crippen molar-refractivity contribution in [2.75, 3.05) is 48.1 Å². The molecule has 0 bridgehead atoms. The second kappa shape index (κ2) is 17.2. The fourth-order valence-electron chi connectivity index (χ4n) is 6.13. The highest BCUT2D eigenvalue weighted by molar-refractivity contribution is 5.78. The first-order valence-corrected chi connectivity index (χ1v) is 15.8. The predicted molar refractivity (Wildman–Crippen MR) is 179 cm³/mol. The van der Waals surface area contributed by atoms with E-state index in [4.69, 9.17) is 23.8 Å². The normalized spacial score (nSPS) is 13.8. The zero-order valence-corrected chi connectivity index (χ0v) is 29.5. The van der Waals surface area contributed by atoms with Gasteiger partial charge in [0.25, 0.3) is 5.09 Å². The van der Waals surface area contributed by atoms with Gasteiger partial charge in [0.1, 0.15) is 18.0 Å². The van der Waals surface area contributed by atoms with Crippen LogP contribution in [0.3, 0.4) is 0 Å². The summed E-state index contributed by atoms with van der Waals surface area (Å²) >= 11 is 0. The molecule has 2 aromatic rings. The third-order valence-corrected chi connectivity index (χ3v) is 8.52. The molecule has 47 heavy (non-hydrogen) atoms. The summed E-state index contributed by atoms with van der Waals surface area (Å²) in [6.07, 6.45) is 0.962. The van der Waals surface area contributed by atoms with Crippen molar-refractivity contribution in [1.29, 1.82) is 5.26 Å². The van der Waals surface area contributed by atoms with Gasteiger partial charge in [0, 0.05) is 13.7 Å². The quantitative estimate of drug-likeness (QED) is 0.146. The second-order valence-electron chi connectivity index (χ2n) is 13.2. The van der Waals surface area contributed by atoms with E-state index >= 15 is 0 Å². The number of ether oxygens (including phenoxy) is 4. The van der Waals surface area contributed by atoms with Crippen LogP contribution in [0.25, 0.3) is 0 Å². The molecule has 0 aliphatic carbocycles. The van der Waals surface area contributed by atoms with Gasteiger partial charge >= 0.3 is 0 Å². The molecular formula is C35H52N4O8. The Labute approximate surface area is 279 Å². The Balaban J connectivity index is 2.15. The monoisotopic (exact) mass is 656 g/mol. The van der Waals surface area contributed by atoms with E-state index in [9.17, 15) is 20.2 Å². The number of methoxy groups -OCH3 is 3. The molecule has 0 aliphatic heterocycles. The maximum Gasteiger partial charge on any atom is 0.295 e. The average Bonchev–Trinajstić information content (AvgIpc) is 3.00. The largest absolute Gasteiger partial charge is 0.493 e. The Morgan fingerprint density at radius 3 is 2.26 bits per heavy atom. The predicted octanol–water partition coefficient (Wildman–Crippen LogP) is 5.35. The summed E-state index contributed by atoms with van der Waals surface area (Å²) in [6, 6.07) is 15.9. The van der Waals surface area contributed by atoms with Crippen LogP contribution < -0.4 is 19.5 Å². The number of para-hydroxylation sites is 1. The molecule has 1 amide bonds. The van der Waals surface area contributed by atoms with E-state index in [1.807, 2.05) is 49.5 Å². The summed E-state index contributed by atoms with van der Waals surface area (Å²) < 4.78 is 22.2. The highest BCUT2D eigenvalue weighted by Gasteiger charge is 2.47. The van der Waals surface area contributed by atoms with Gasteiger partial charge in [0.2, 0.25) is 5.91 Å². The fourth-order valence-corrected chi connectivity index (χ4v) is 6.13. The van der Waals surface area contributed by atoms with Gasteiger partial charge in [-0.2, -0.15) is 5.26 Å². The molecule has 0 radical (unpaired) electrons. The van der Waals surface area contributed by atoms with E-state index in [0.29, 0.717) is 36.6 Å². The molecular weight excluding hydrogens is 604 g/mol. The van der Waals surface area contributed by atoms with Crippen LogP contribution in [-0.2, 0) is 26.2 Å². The van der Waals surface area contributed by atoms with Gasteiger partial charge in [-0.25, -0.2) is 0 Å². The van der Waals surface area contributed by atoms with Gasteiger partial charge in [-0.05, 0) is 95.8 Å². The van der Waals surface area contributed by atoms with Crippen LogP contribution in [0.4, 0.5) is 0 Å². The molecule has 2 unspecified atom stereocenters. The van der Waals surface area contributed by atoms with E-state index in [1.54, 1.807) is 41.9 Å². The number of carbonyl (C=O) groups is 1. The van der Waals surface area contributed by atoms with Gasteiger partial charge in [0.05, 0.1) is 31.2 Å². The van der Waals surface area contributed by atoms with Crippen molar-refractivity contribution in [2.24, 2.45) is 5.92 Å². The van der Waals surface area contributed by atoms with Crippen molar-refractivity contribution < 1.29 is 33.7 Å². The van der Waals surface area contributed by atoms with Gasteiger partial charge in [-0.1, -0.05) is 38.1 Å². The Morgan fingerprint density at radius 1 is 1.02 bits per heavy atom. The molecule has 2 atom stereocenters. The maximum atomic E-state index is 12.3. The minimum atomic E-state index is -1.22. The number of amides is 1. The lowest BCUT2D eigenvalue weighted by Gasteiger charge is -2.43. The van der Waals surface area contributed by atoms with E-state index in [-0.39, 0.29) is 12.5 Å². The zero-order valence-electron chi connectivity index (χ0n) is 29.5. The van der Waals surface area contributed by atoms with Crippen LogP contribution >= 0.6 is 0 Å². The Hall–Kier alpha value is -4.08. The van der Waals surface area contributed by atoms with Crippen molar-refractivity contribution >= 4 is 5.91 Å². The van der Waals surface area contributed by atoms with E-state index in [2.05, 4.69) is 30.1 Å². The number of nitriles is 1. The standard InChI is InChI=1S/C35H52N4O8/c1-25(2)35(24-36,27-16-17-29(44-9)30(22-27)45-10)19-13-20-38(7)21-18-26-14-11-12-15-28(26)46-34(5,6)32(47-39(41)42)33(3,4)37-31(40)23-43-8/h11-12,14-17,22,25,32H,13,18-21,23H2,1-10H3,(H,37,40). The fraction of sp³-hybridized carbons (Fsp3) is 0.600. The van der Waals surface area contributed by atoms with Crippen LogP contribution in [0.2, 0.25) is 0 Å². The lowest BCUT2D eigenvalue weighted by molar-refractivity contribution is -0.774. The zero-order chi connectivity index (χ0) is 35.4. The molecule has 0 spiro atoms. The molecule has 2 aromatic carbocycles. The molecule has 12 nitrogen and oxygen atoms in total. The highest BCUT2D eigenvalue weighted by atomic mass is 17.0. The summed E-state index contributed by atoms with van der Waals surface area (Å²) in [4.78, 5) is 31.2. The number of nitrogens with one attached hydrogen (secondary N) is 1. The highest BCUT2D eigenvalue weighted by Crippen LogP contribution is 2.40. The summed E-state index contributed by atoms with van der Waals surface area (Å²) in [5, 5.41) is 23.8. The van der Waals surface area contributed by atoms with Crippen LogP contribution in [0.5, 0.6) is 17.2 Å². The van der Waals surface area contributed by atoms with E-state index in [0.717, 1.165) is 24.1 Å². The van der Waals surface area contributed by atoms with Crippen molar-refractivity contribution in [3.8, 4) is 23.3 Å². The first-order valence-electron chi connectivity index (χ1n) is 15.8. The Kier molecular flexibility index (Phi) is 14.3. The lowest BCUT2D eigenvalue weighted by Crippen LogP contribution is -2.63.